The lowest BCUT2D eigenvalue weighted by molar-refractivity contribution is 0.0679. The van der Waals surface area contributed by atoms with E-state index in [1.165, 1.54) is 32.1 Å². The minimum atomic E-state index is -0.0699. The van der Waals surface area contributed by atoms with Gasteiger partial charge in [-0.25, -0.2) is 4.98 Å². The van der Waals surface area contributed by atoms with Crippen molar-refractivity contribution in [2.45, 2.75) is 45.6 Å². The average Bonchev–Trinajstić information content (AvgIpc) is 3.08. The van der Waals surface area contributed by atoms with E-state index < -0.39 is 0 Å². The van der Waals surface area contributed by atoms with Gasteiger partial charge in [-0.3, -0.25) is 9.78 Å². The van der Waals surface area contributed by atoms with Crippen LogP contribution in [0.15, 0.2) is 35.2 Å². The molecule has 2 aromatic heterocycles. The van der Waals surface area contributed by atoms with Gasteiger partial charge in [0.25, 0.3) is 5.91 Å². The van der Waals surface area contributed by atoms with Gasteiger partial charge in [0, 0.05) is 12.7 Å². The number of aryl methyl sites for hydroxylation is 1. The third kappa shape index (κ3) is 4.18. The van der Waals surface area contributed by atoms with E-state index >= 15 is 0 Å². The van der Waals surface area contributed by atoms with Gasteiger partial charge >= 0.3 is 0 Å². The molecule has 1 aliphatic carbocycles. The quantitative estimate of drug-likeness (QED) is 0.846. The molecule has 23 heavy (non-hydrogen) atoms. The van der Waals surface area contributed by atoms with Gasteiger partial charge in [0.05, 0.1) is 24.7 Å². The number of hydrogen-bond donors (Lipinski definition) is 0. The fourth-order valence-corrected chi connectivity index (χ4v) is 3.16. The topological polar surface area (TPSA) is 59.2 Å². The van der Waals surface area contributed by atoms with E-state index in [2.05, 4.69) is 9.97 Å². The van der Waals surface area contributed by atoms with Crippen LogP contribution >= 0.6 is 0 Å². The Balaban J connectivity index is 1.75. The number of nitrogens with zero attached hydrogens (tertiary/aromatic N) is 3. The summed E-state index contributed by atoms with van der Waals surface area (Å²) in [4.78, 5) is 23.1. The van der Waals surface area contributed by atoms with Crippen molar-refractivity contribution in [1.29, 1.82) is 0 Å². The number of furan rings is 1. The Kier molecular flexibility index (Phi) is 5.05. The summed E-state index contributed by atoms with van der Waals surface area (Å²) in [6.45, 7) is 3.11. The molecule has 0 atom stereocenters. The molecule has 0 bridgehead atoms. The Labute approximate surface area is 136 Å². The van der Waals surface area contributed by atoms with Crippen LogP contribution in [0.5, 0.6) is 0 Å². The number of hydrogen-bond acceptors (Lipinski definition) is 4. The maximum Gasteiger partial charge on any atom is 0.274 e. The highest BCUT2D eigenvalue weighted by atomic mass is 16.3. The van der Waals surface area contributed by atoms with Gasteiger partial charge in [-0.2, -0.15) is 0 Å². The van der Waals surface area contributed by atoms with Crippen molar-refractivity contribution in [3.63, 3.8) is 0 Å². The van der Waals surface area contributed by atoms with Gasteiger partial charge in [0.15, 0.2) is 0 Å². The molecular formula is C18H23N3O2. The molecule has 5 heteroatoms. The van der Waals surface area contributed by atoms with Crippen molar-refractivity contribution >= 4 is 5.91 Å². The van der Waals surface area contributed by atoms with Gasteiger partial charge in [0.2, 0.25) is 0 Å². The van der Waals surface area contributed by atoms with E-state index in [1.807, 2.05) is 24.0 Å². The largest absolute Gasteiger partial charge is 0.467 e. The predicted molar refractivity (Wildman–Crippen MR) is 86.8 cm³/mol. The van der Waals surface area contributed by atoms with E-state index in [9.17, 15) is 4.79 Å². The maximum atomic E-state index is 12.8. The Morgan fingerprint density at radius 2 is 2.09 bits per heavy atom. The first-order valence-electron chi connectivity index (χ1n) is 8.32. The smallest absolute Gasteiger partial charge is 0.274 e. The SMILES string of the molecule is Cc1cnc(C(=O)N(Cc2ccco2)CC2CCCCC2)cn1. The molecule has 0 saturated heterocycles. The number of carbonyl (C=O) groups is 1. The summed E-state index contributed by atoms with van der Waals surface area (Å²) in [7, 11) is 0. The molecule has 0 N–H and O–H groups in total. The molecule has 0 spiro atoms. The molecule has 3 rings (SSSR count). The summed E-state index contributed by atoms with van der Waals surface area (Å²) < 4.78 is 5.43. The molecule has 2 aromatic rings. The third-order valence-corrected chi connectivity index (χ3v) is 4.42. The van der Waals surface area contributed by atoms with E-state index in [0.29, 0.717) is 18.2 Å². The Morgan fingerprint density at radius 3 is 2.74 bits per heavy atom. The number of aromatic nitrogens is 2. The lowest BCUT2D eigenvalue weighted by Crippen LogP contribution is -2.36. The molecule has 0 aromatic carbocycles. The zero-order valence-corrected chi connectivity index (χ0v) is 13.6. The monoisotopic (exact) mass is 313 g/mol. The molecular weight excluding hydrogens is 290 g/mol. The second kappa shape index (κ2) is 7.40. The molecule has 122 valence electrons. The summed E-state index contributed by atoms with van der Waals surface area (Å²) in [6.07, 6.45) is 11.1. The predicted octanol–water partition coefficient (Wildman–Crippen LogP) is 3.60. The van der Waals surface area contributed by atoms with Gasteiger partial charge in [-0.05, 0) is 37.8 Å². The van der Waals surface area contributed by atoms with E-state index in [-0.39, 0.29) is 5.91 Å². The molecule has 0 radical (unpaired) electrons. The van der Waals surface area contributed by atoms with Gasteiger partial charge < -0.3 is 9.32 Å². The highest BCUT2D eigenvalue weighted by Crippen LogP contribution is 2.25. The minimum absolute atomic E-state index is 0.0699. The van der Waals surface area contributed by atoms with Crippen LogP contribution in [0.2, 0.25) is 0 Å². The van der Waals surface area contributed by atoms with Crippen molar-refractivity contribution < 1.29 is 9.21 Å². The molecule has 2 heterocycles. The standard InChI is InChI=1S/C18H23N3O2/c1-14-10-20-17(11-19-14)18(22)21(13-16-8-5-9-23-16)12-15-6-3-2-4-7-15/h5,8-11,15H,2-4,6-7,12-13H2,1H3. The van der Waals surface area contributed by atoms with E-state index in [4.69, 9.17) is 4.42 Å². The van der Waals surface area contributed by atoms with E-state index in [1.54, 1.807) is 18.7 Å². The highest BCUT2D eigenvalue weighted by molar-refractivity contribution is 5.91. The summed E-state index contributed by atoms with van der Waals surface area (Å²) in [5, 5.41) is 0. The summed E-state index contributed by atoms with van der Waals surface area (Å²) >= 11 is 0. The second-order valence-corrected chi connectivity index (χ2v) is 6.31. The second-order valence-electron chi connectivity index (χ2n) is 6.31. The van der Waals surface area contributed by atoms with Crippen LogP contribution in [0.1, 0.15) is 54.0 Å². The van der Waals surface area contributed by atoms with Crippen molar-refractivity contribution in [3.8, 4) is 0 Å². The molecule has 1 fully saturated rings. The van der Waals surface area contributed by atoms with Crippen LogP contribution in [-0.2, 0) is 6.54 Å². The lowest BCUT2D eigenvalue weighted by atomic mass is 9.89. The van der Waals surface area contributed by atoms with Crippen LogP contribution in [0, 0.1) is 12.8 Å². The first-order chi connectivity index (χ1) is 11.2. The number of carbonyl (C=O) groups excluding carboxylic acids is 1. The zero-order chi connectivity index (χ0) is 16.1. The van der Waals surface area contributed by atoms with Gasteiger partial charge in [-0.1, -0.05) is 19.3 Å². The molecule has 1 amide bonds. The number of rotatable bonds is 5. The summed E-state index contributed by atoms with van der Waals surface area (Å²) in [5.74, 6) is 1.30. The fourth-order valence-electron chi connectivity index (χ4n) is 3.16. The van der Waals surface area contributed by atoms with Crippen molar-refractivity contribution in [3.05, 3.63) is 47.9 Å². The highest BCUT2D eigenvalue weighted by Gasteiger charge is 2.23. The Hall–Kier alpha value is -2.17. The van der Waals surface area contributed by atoms with Crippen LogP contribution in [-0.4, -0.2) is 27.3 Å². The zero-order valence-electron chi connectivity index (χ0n) is 13.6. The van der Waals surface area contributed by atoms with E-state index in [0.717, 1.165) is 18.0 Å². The van der Waals surface area contributed by atoms with Gasteiger partial charge in [0.1, 0.15) is 11.5 Å². The normalized spacial score (nSPS) is 15.5. The van der Waals surface area contributed by atoms with Crippen molar-refractivity contribution in [1.82, 2.24) is 14.9 Å². The molecule has 1 aliphatic rings. The van der Waals surface area contributed by atoms with Crippen molar-refractivity contribution in [2.24, 2.45) is 5.92 Å². The maximum absolute atomic E-state index is 12.8. The third-order valence-electron chi connectivity index (χ3n) is 4.42. The molecule has 1 saturated carbocycles. The number of amides is 1. The summed E-state index contributed by atoms with van der Waals surface area (Å²) in [5.41, 5.74) is 1.21. The first kappa shape index (κ1) is 15.7. The minimum Gasteiger partial charge on any atom is -0.467 e. The van der Waals surface area contributed by atoms with Gasteiger partial charge in [-0.15, -0.1) is 0 Å². The van der Waals surface area contributed by atoms with Crippen LogP contribution < -0.4 is 0 Å². The van der Waals surface area contributed by atoms with Crippen LogP contribution in [0.25, 0.3) is 0 Å². The summed E-state index contributed by atoms with van der Waals surface area (Å²) in [6, 6.07) is 3.76. The Morgan fingerprint density at radius 1 is 1.26 bits per heavy atom. The van der Waals surface area contributed by atoms with Crippen LogP contribution in [0.4, 0.5) is 0 Å². The first-order valence-corrected chi connectivity index (χ1v) is 8.32. The molecule has 0 aliphatic heterocycles. The molecule has 0 unspecified atom stereocenters. The van der Waals surface area contributed by atoms with Crippen molar-refractivity contribution in [2.75, 3.05) is 6.54 Å². The lowest BCUT2D eigenvalue weighted by Gasteiger charge is -2.29. The fraction of sp³-hybridized carbons (Fsp3) is 0.500. The van der Waals surface area contributed by atoms with Crippen LogP contribution in [0.3, 0.4) is 0 Å². The Bertz CT molecular complexity index is 616. The molecule has 5 nitrogen and oxygen atoms in total. The average molecular weight is 313 g/mol.